The molecule has 2 rings (SSSR count). The summed E-state index contributed by atoms with van der Waals surface area (Å²) in [4.78, 5) is 2.71. The Balaban J connectivity index is 2.07. The molecule has 2 aliphatic rings. The molecule has 0 bridgehead atoms. The molecule has 1 saturated carbocycles. The van der Waals surface area contributed by atoms with Gasteiger partial charge in [-0.3, -0.25) is 4.90 Å². The van der Waals surface area contributed by atoms with Crippen molar-refractivity contribution in [2.24, 2.45) is 23.0 Å². The van der Waals surface area contributed by atoms with Gasteiger partial charge in [-0.05, 0) is 36.5 Å². The highest BCUT2D eigenvalue weighted by Gasteiger charge is 2.43. The Bertz CT molecular complexity index is 244. The Morgan fingerprint density at radius 2 is 1.71 bits per heavy atom. The second kappa shape index (κ2) is 4.89. The molecule has 0 aromatic heterocycles. The minimum Gasteiger partial charge on any atom is -0.326 e. The quantitative estimate of drug-likeness (QED) is 0.819. The molecule has 1 aliphatic heterocycles. The van der Waals surface area contributed by atoms with E-state index >= 15 is 0 Å². The van der Waals surface area contributed by atoms with Crippen molar-refractivity contribution in [3.63, 3.8) is 0 Å². The van der Waals surface area contributed by atoms with Gasteiger partial charge in [0.25, 0.3) is 0 Å². The van der Waals surface area contributed by atoms with E-state index in [4.69, 9.17) is 5.73 Å². The van der Waals surface area contributed by atoms with Crippen LogP contribution in [0.15, 0.2) is 0 Å². The van der Waals surface area contributed by atoms with Crippen LogP contribution >= 0.6 is 0 Å². The van der Waals surface area contributed by atoms with Crippen molar-refractivity contribution >= 4 is 0 Å². The minimum absolute atomic E-state index is 0.300. The van der Waals surface area contributed by atoms with Crippen LogP contribution in [0.3, 0.4) is 0 Å². The molecule has 0 amide bonds. The number of likely N-dealkylation sites (tertiary alicyclic amines) is 1. The summed E-state index contributed by atoms with van der Waals surface area (Å²) in [5.41, 5.74) is 6.69. The zero-order chi connectivity index (χ0) is 12.6. The molecule has 4 unspecified atom stereocenters. The molecule has 17 heavy (non-hydrogen) atoms. The molecule has 0 radical (unpaired) electrons. The largest absolute Gasteiger partial charge is 0.326 e. The molecule has 0 spiro atoms. The summed E-state index contributed by atoms with van der Waals surface area (Å²) < 4.78 is 0. The lowest BCUT2D eigenvalue weighted by Gasteiger charge is -2.42. The predicted octanol–water partition coefficient (Wildman–Crippen LogP) is 2.87. The van der Waals surface area contributed by atoms with Gasteiger partial charge in [0, 0.05) is 25.2 Å². The van der Waals surface area contributed by atoms with Crippen molar-refractivity contribution in [3.8, 4) is 0 Å². The van der Waals surface area contributed by atoms with E-state index in [1.165, 1.54) is 32.4 Å². The topological polar surface area (TPSA) is 29.3 Å². The zero-order valence-electron chi connectivity index (χ0n) is 12.1. The second-order valence-corrected chi connectivity index (χ2v) is 7.29. The average molecular weight is 238 g/mol. The van der Waals surface area contributed by atoms with Gasteiger partial charge in [0.15, 0.2) is 0 Å². The molecular weight excluding hydrogens is 208 g/mol. The van der Waals surface area contributed by atoms with Crippen LogP contribution in [0.25, 0.3) is 0 Å². The Labute approximate surface area is 107 Å². The molecule has 1 heterocycles. The van der Waals surface area contributed by atoms with E-state index in [2.05, 4.69) is 32.6 Å². The summed E-state index contributed by atoms with van der Waals surface area (Å²) in [6.07, 6.45) is 5.47. The minimum atomic E-state index is 0.300. The van der Waals surface area contributed by atoms with Gasteiger partial charge in [0.2, 0.25) is 0 Å². The lowest BCUT2D eigenvalue weighted by molar-refractivity contribution is 0.0907. The Kier molecular flexibility index (Phi) is 3.84. The highest BCUT2D eigenvalue weighted by Crippen LogP contribution is 2.41. The first-order valence-corrected chi connectivity index (χ1v) is 7.43. The van der Waals surface area contributed by atoms with Gasteiger partial charge in [-0.25, -0.2) is 0 Å². The number of hydrogen-bond acceptors (Lipinski definition) is 2. The first-order chi connectivity index (χ1) is 7.93. The highest BCUT2D eigenvalue weighted by atomic mass is 15.2. The van der Waals surface area contributed by atoms with Crippen LogP contribution in [0.4, 0.5) is 0 Å². The summed E-state index contributed by atoms with van der Waals surface area (Å²) in [6, 6.07) is 0.881. The van der Waals surface area contributed by atoms with Crippen molar-refractivity contribution in [2.45, 2.75) is 65.5 Å². The summed E-state index contributed by atoms with van der Waals surface area (Å²) in [7, 11) is 0. The van der Waals surface area contributed by atoms with E-state index in [0.29, 0.717) is 17.5 Å². The summed E-state index contributed by atoms with van der Waals surface area (Å²) in [6.45, 7) is 11.9. The normalized spacial score (nSPS) is 33.7. The van der Waals surface area contributed by atoms with E-state index in [1.54, 1.807) is 0 Å². The fourth-order valence-electron chi connectivity index (χ4n) is 4.18. The SMILES string of the molecule is CCC(N)C(N1CC2CCCC2C1)C(C)(C)C. The number of fused-ring (bicyclic) bond motifs is 1. The van der Waals surface area contributed by atoms with Crippen molar-refractivity contribution in [3.05, 3.63) is 0 Å². The standard InChI is InChI=1S/C15H30N2/c1-5-13(16)14(15(2,3)4)17-9-11-7-6-8-12(11)10-17/h11-14H,5-10,16H2,1-4H3. The maximum Gasteiger partial charge on any atom is 0.0295 e. The van der Waals surface area contributed by atoms with Gasteiger partial charge in [-0.1, -0.05) is 34.1 Å². The van der Waals surface area contributed by atoms with Crippen LogP contribution in [0.5, 0.6) is 0 Å². The third-order valence-electron chi connectivity index (χ3n) is 4.91. The maximum atomic E-state index is 6.39. The molecule has 4 atom stereocenters. The average Bonchev–Trinajstić information content (AvgIpc) is 2.75. The van der Waals surface area contributed by atoms with E-state index in [9.17, 15) is 0 Å². The molecule has 2 N–H and O–H groups in total. The Hall–Kier alpha value is -0.0800. The van der Waals surface area contributed by atoms with Crippen molar-refractivity contribution in [2.75, 3.05) is 13.1 Å². The molecule has 0 aromatic carbocycles. The summed E-state index contributed by atoms with van der Waals surface area (Å²) in [5.74, 6) is 1.95. The van der Waals surface area contributed by atoms with Gasteiger partial charge >= 0.3 is 0 Å². The van der Waals surface area contributed by atoms with Crippen molar-refractivity contribution < 1.29 is 0 Å². The zero-order valence-corrected chi connectivity index (χ0v) is 12.1. The molecule has 2 heteroatoms. The van der Waals surface area contributed by atoms with Gasteiger partial charge < -0.3 is 5.73 Å². The monoisotopic (exact) mass is 238 g/mol. The Morgan fingerprint density at radius 3 is 2.12 bits per heavy atom. The van der Waals surface area contributed by atoms with Gasteiger partial charge in [-0.15, -0.1) is 0 Å². The summed E-state index contributed by atoms with van der Waals surface area (Å²) >= 11 is 0. The lowest BCUT2D eigenvalue weighted by atomic mass is 9.80. The third kappa shape index (κ3) is 2.68. The first-order valence-electron chi connectivity index (χ1n) is 7.43. The van der Waals surface area contributed by atoms with Gasteiger partial charge in [0.1, 0.15) is 0 Å². The van der Waals surface area contributed by atoms with Crippen LogP contribution in [-0.4, -0.2) is 30.1 Å². The number of hydrogen-bond donors (Lipinski definition) is 1. The van der Waals surface area contributed by atoms with Crippen molar-refractivity contribution in [1.82, 2.24) is 4.90 Å². The van der Waals surface area contributed by atoms with Crippen molar-refractivity contribution in [1.29, 1.82) is 0 Å². The Morgan fingerprint density at radius 1 is 1.18 bits per heavy atom. The first kappa shape index (κ1) is 13.4. The highest BCUT2D eigenvalue weighted by molar-refractivity contribution is 4.97. The van der Waals surface area contributed by atoms with E-state index in [1.807, 2.05) is 0 Å². The van der Waals surface area contributed by atoms with Crippen LogP contribution in [-0.2, 0) is 0 Å². The predicted molar refractivity (Wildman–Crippen MR) is 73.9 cm³/mol. The third-order valence-corrected chi connectivity index (χ3v) is 4.91. The molecule has 0 aromatic rings. The van der Waals surface area contributed by atoms with E-state index in [-0.39, 0.29) is 0 Å². The molecule has 2 fully saturated rings. The molecular formula is C15H30N2. The van der Waals surface area contributed by atoms with E-state index in [0.717, 1.165) is 18.3 Å². The number of nitrogens with zero attached hydrogens (tertiary/aromatic N) is 1. The van der Waals surface area contributed by atoms with Crippen LogP contribution in [0.1, 0.15) is 53.4 Å². The molecule has 1 saturated heterocycles. The van der Waals surface area contributed by atoms with Gasteiger partial charge in [0.05, 0.1) is 0 Å². The van der Waals surface area contributed by atoms with E-state index < -0.39 is 0 Å². The smallest absolute Gasteiger partial charge is 0.0295 e. The molecule has 2 nitrogen and oxygen atoms in total. The second-order valence-electron chi connectivity index (χ2n) is 7.29. The molecule has 1 aliphatic carbocycles. The summed E-state index contributed by atoms with van der Waals surface area (Å²) in [5, 5.41) is 0. The van der Waals surface area contributed by atoms with Crippen LogP contribution in [0, 0.1) is 17.3 Å². The number of rotatable bonds is 3. The fourth-order valence-corrected chi connectivity index (χ4v) is 4.18. The lowest BCUT2D eigenvalue weighted by Crippen LogP contribution is -2.54. The van der Waals surface area contributed by atoms with Crippen LogP contribution in [0.2, 0.25) is 0 Å². The maximum absolute atomic E-state index is 6.39. The number of nitrogens with two attached hydrogens (primary N) is 1. The fraction of sp³-hybridized carbons (Fsp3) is 1.00. The van der Waals surface area contributed by atoms with Gasteiger partial charge in [-0.2, -0.15) is 0 Å². The van der Waals surface area contributed by atoms with Crippen LogP contribution < -0.4 is 5.73 Å². The molecule has 100 valence electrons.